The predicted molar refractivity (Wildman–Crippen MR) is 100 cm³/mol. The summed E-state index contributed by atoms with van der Waals surface area (Å²) >= 11 is 0. The second-order valence-electron chi connectivity index (χ2n) is 6.37. The maximum atomic E-state index is 13.2. The van der Waals surface area contributed by atoms with Crippen molar-refractivity contribution in [1.82, 2.24) is 5.32 Å². The van der Waals surface area contributed by atoms with Crippen molar-refractivity contribution < 1.29 is 23.1 Å². The topological polar surface area (TPSA) is 104 Å². The van der Waals surface area contributed by atoms with Gasteiger partial charge in [-0.1, -0.05) is 24.3 Å². The minimum Gasteiger partial charge on any atom is -0.480 e. The van der Waals surface area contributed by atoms with Crippen LogP contribution in [0.5, 0.6) is 0 Å². The van der Waals surface area contributed by atoms with Crippen molar-refractivity contribution >= 4 is 27.6 Å². The fourth-order valence-electron chi connectivity index (χ4n) is 3.02. The highest BCUT2D eigenvalue weighted by Crippen LogP contribution is 2.31. The van der Waals surface area contributed by atoms with Crippen LogP contribution in [0.15, 0.2) is 53.4 Å². The van der Waals surface area contributed by atoms with Gasteiger partial charge in [-0.3, -0.25) is 13.9 Å². The van der Waals surface area contributed by atoms with Gasteiger partial charge in [-0.05, 0) is 49.6 Å². The number of anilines is 1. The Hall–Kier alpha value is -2.87. The van der Waals surface area contributed by atoms with Crippen LogP contribution < -0.4 is 9.62 Å². The van der Waals surface area contributed by atoms with Crippen LogP contribution in [-0.2, 0) is 21.2 Å². The van der Waals surface area contributed by atoms with Crippen LogP contribution in [0, 0.1) is 0 Å². The quantitative estimate of drug-likeness (QED) is 0.816. The molecule has 0 bridgehead atoms. The first-order valence-corrected chi connectivity index (χ1v) is 9.99. The third-order valence-electron chi connectivity index (χ3n) is 4.47. The molecule has 142 valence electrons. The van der Waals surface area contributed by atoms with Gasteiger partial charge in [0.1, 0.15) is 6.04 Å². The maximum absolute atomic E-state index is 13.2. The summed E-state index contributed by atoms with van der Waals surface area (Å²) < 4.78 is 27.7. The number of nitrogens with one attached hydrogen (secondary N) is 1. The molecule has 0 unspecified atom stereocenters. The molecule has 2 aromatic carbocycles. The molecule has 0 aromatic heterocycles. The Morgan fingerprint density at radius 1 is 1.15 bits per heavy atom. The number of sulfonamides is 1. The molecular weight excluding hydrogens is 368 g/mol. The zero-order chi connectivity index (χ0) is 19.6. The van der Waals surface area contributed by atoms with E-state index in [1.54, 1.807) is 12.1 Å². The molecule has 1 heterocycles. The van der Waals surface area contributed by atoms with E-state index < -0.39 is 27.9 Å². The summed E-state index contributed by atoms with van der Waals surface area (Å²) in [5.41, 5.74) is 1.71. The highest BCUT2D eigenvalue weighted by Gasteiger charge is 2.29. The third-order valence-corrected chi connectivity index (χ3v) is 6.28. The Balaban J connectivity index is 1.93. The van der Waals surface area contributed by atoms with Crippen molar-refractivity contribution in [3.05, 3.63) is 59.7 Å². The van der Waals surface area contributed by atoms with Crippen LogP contribution in [0.2, 0.25) is 0 Å². The molecule has 1 atom stereocenters. The number of aryl methyl sites for hydroxylation is 1. The number of rotatable bonds is 5. The molecule has 0 aliphatic carbocycles. The van der Waals surface area contributed by atoms with Crippen molar-refractivity contribution in [2.75, 3.05) is 10.8 Å². The normalized spacial score (nSPS) is 14.9. The average molecular weight is 388 g/mol. The van der Waals surface area contributed by atoms with E-state index in [1.165, 1.54) is 35.5 Å². The monoisotopic (exact) mass is 388 g/mol. The van der Waals surface area contributed by atoms with Crippen LogP contribution in [0.1, 0.15) is 29.3 Å². The van der Waals surface area contributed by atoms with E-state index >= 15 is 0 Å². The van der Waals surface area contributed by atoms with Gasteiger partial charge in [-0.25, -0.2) is 8.42 Å². The molecule has 2 N–H and O–H groups in total. The number of hydrogen-bond acceptors (Lipinski definition) is 4. The van der Waals surface area contributed by atoms with Gasteiger partial charge in [0, 0.05) is 12.1 Å². The fraction of sp³-hybridized carbons (Fsp3) is 0.263. The molecule has 0 saturated carbocycles. The Morgan fingerprint density at radius 2 is 1.89 bits per heavy atom. The number of hydrogen-bond donors (Lipinski definition) is 2. The van der Waals surface area contributed by atoms with E-state index in [9.17, 15) is 18.0 Å². The Morgan fingerprint density at radius 3 is 2.63 bits per heavy atom. The average Bonchev–Trinajstić information content (AvgIpc) is 2.67. The predicted octanol–water partition coefficient (Wildman–Crippen LogP) is 2.03. The molecule has 3 rings (SSSR count). The highest BCUT2D eigenvalue weighted by atomic mass is 32.2. The molecule has 1 aliphatic rings. The van der Waals surface area contributed by atoms with Gasteiger partial charge < -0.3 is 10.4 Å². The number of amides is 1. The van der Waals surface area contributed by atoms with E-state index in [0.717, 1.165) is 12.0 Å². The molecule has 0 radical (unpaired) electrons. The molecule has 1 amide bonds. The first-order valence-electron chi connectivity index (χ1n) is 8.55. The molecule has 0 spiro atoms. The molecule has 0 fully saturated rings. The van der Waals surface area contributed by atoms with E-state index in [4.69, 9.17) is 5.11 Å². The summed E-state index contributed by atoms with van der Waals surface area (Å²) in [5.74, 6) is -1.81. The molecule has 27 heavy (non-hydrogen) atoms. The van der Waals surface area contributed by atoms with Crippen LogP contribution in [0.25, 0.3) is 0 Å². The molecule has 1 aliphatic heterocycles. The highest BCUT2D eigenvalue weighted by molar-refractivity contribution is 7.92. The van der Waals surface area contributed by atoms with Crippen molar-refractivity contribution in [3.8, 4) is 0 Å². The summed E-state index contributed by atoms with van der Waals surface area (Å²) in [7, 11) is -3.84. The van der Waals surface area contributed by atoms with Crippen LogP contribution in [-0.4, -0.2) is 38.0 Å². The molecular formula is C19H20N2O5S. The van der Waals surface area contributed by atoms with E-state index in [-0.39, 0.29) is 10.5 Å². The van der Waals surface area contributed by atoms with Crippen molar-refractivity contribution in [2.45, 2.75) is 30.7 Å². The van der Waals surface area contributed by atoms with Gasteiger partial charge in [0.25, 0.3) is 15.9 Å². The maximum Gasteiger partial charge on any atom is 0.325 e. The van der Waals surface area contributed by atoms with Crippen molar-refractivity contribution in [2.24, 2.45) is 0 Å². The van der Waals surface area contributed by atoms with Gasteiger partial charge in [-0.15, -0.1) is 0 Å². The lowest BCUT2D eigenvalue weighted by Crippen LogP contribution is -2.38. The Kier molecular flexibility index (Phi) is 5.18. The first-order chi connectivity index (χ1) is 12.8. The zero-order valence-corrected chi connectivity index (χ0v) is 15.6. The van der Waals surface area contributed by atoms with Crippen LogP contribution in [0.4, 0.5) is 5.69 Å². The lowest BCUT2D eigenvalue weighted by molar-refractivity contribution is -0.138. The second-order valence-corrected chi connectivity index (χ2v) is 8.23. The minimum atomic E-state index is -3.84. The van der Waals surface area contributed by atoms with Gasteiger partial charge in [0.15, 0.2) is 0 Å². The van der Waals surface area contributed by atoms with Crippen LogP contribution >= 0.6 is 0 Å². The smallest absolute Gasteiger partial charge is 0.325 e. The largest absolute Gasteiger partial charge is 0.480 e. The number of nitrogens with zero attached hydrogens (tertiary/aromatic N) is 1. The third kappa shape index (κ3) is 3.80. The standard InChI is InChI=1S/C19H20N2O5S/c1-13(19(23)24)20-18(22)15-7-4-9-16(12-15)27(25,26)21-11-5-8-14-6-2-3-10-17(14)21/h2-4,6-7,9-10,12-13H,5,8,11H2,1H3,(H,20,22)(H,23,24)/t13-/m1/s1. The first kappa shape index (κ1) is 18.9. The number of para-hydroxylation sites is 1. The number of carbonyl (C=O) groups excluding carboxylic acids is 1. The molecule has 2 aromatic rings. The summed E-state index contributed by atoms with van der Waals surface area (Å²) in [6.45, 7) is 1.71. The van der Waals surface area contributed by atoms with Crippen molar-refractivity contribution in [1.29, 1.82) is 0 Å². The Labute approximate surface area is 157 Å². The number of aliphatic carboxylic acids is 1. The van der Waals surface area contributed by atoms with Gasteiger partial charge in [-0.2, -0.15) is 0 Å². The summed E-state index contributed by atoms with van der Waals surface area (Å²) in [6.07, 6.45) is 1.53. The molecule has 7 nitrogen and oxygen atoms in total. The zero-order valence-electron chi connectivity index (χ0n) is 14.8. The number of carbonyl (C=O) groups is 2. The van der Waals surface area contributed by atoms with E-state index in [2.05, 4.69) is 5.32 Å². The summed E-state index contributed by atoms with van der Waals surface area (Å²) in [5, 5.41) is 11.2. The number of benzene rings is 2. The number of carboxylic acids is 1. The fourth-order valence-corrected chi connectivity index (χ4v) is 4.60. The SMILES string of the molecule is C[C@@H](NC(=O)c1cccc(S(=O)(=O)N2CCCc3ccccc32)c1)C(=O)O. The Bertz CT molecular complexity index is 987. The van der Waals surface area contributed by atoms with Gasteiger partial charge in [0.2, 0.25) is 0 Å². The van der Waals surface area contributed by atoms with Gasteiger partial charge in [0.05, 0.1) is 10.6 Å². The number of carboxylic acid groups (broad SMARTS) is 1. The number of fused-ring (bicyclic) bond motifs is 1. The van der Waals surface area contributed by atoms with Gasteiger partial charge >= 0.3 is 5.97 Å². The van der Waals surface area contributed by atoms with Crippen molar-refractivity contribution in [3.63, 3.8) is 0 Å². The van der Waals surface area contributed by atoms with Crippen LogP contribution in [0.3, 0.4) is 0 Å². The van der Waals surface area contributed by atoms with E-state index in [1.807, 2.05) is 12.1 Å². The minimum absolute atomic E-state index is 0.00479. The second kappa shape index (κ2) is 7.40. The summed E-state index contributed by atoms with van der Waals surface area (Å²) in [4.78, 5) is 23.1. The molecule has 0 saturated heterocycles. The lowest BCUT2D eigenvalue weighted by atomic mass is 10.0. The summed E-state index contributed by atoms with van der Waals surface area (Å²) in [6, 6.07) is 11.9. The molecule has 8 heteroatoms. The lowest BCUT2D eigenvalue weighted by Gasteiger charge is -2.30. The van der Waals surface area contributed by atoms with E-state index in [0.29, 0.717) is 18.7 Å².